The highest BCUT2D eigenvalue weighted by Crippen LogP contribution is 2.42. The Morgan fingerprint density at radius 2 is 1.91 bits per heavy atom. The predicted molar refractivity (Wildman–Crippen MR) is 123 cm³/mol. The molecular weight excluding hydrogens is 402 g/mol. The number of fused-ring (bicyclic) bond motifs is 4. The minimum absolute atomic E-state index is 0.0162. The minimum atomic E-state index is -0.188. The number of hydrogen-bond acceptors (Lipinski definition) is 3. The molecule has 0 radical (unpaired) electrons. The first kappa shape index (κ1) is 19.5. The van der Waals surface area contributed by atoms with Gasteiger partial charge in [0.05, 0.1) is 6.04 Å². The van der Waals surface area contributed by atoms with Gasteiger partial charge in [-0.3, -0.25) is 0 Å². The summed E-state index contributed by atoms with van der Waals surface area (Å²) < 4.78 is 11.2. The Hall–Kier alpha value is -3.15. The minimum Gasteiger partial charge on any atom is -0.454 e. The molecular formula is C26H29N3O3. The summed E-state index contributed by atoms with van der Waals surface area (Å²) in [5.41, 5.74) is 4.56. The van der Waals surface area contributed by atoms with Gasteiger partial charge in [-0.05, 0) is 54.5 Å². The molecule has 3 aliphatic rings. The van der Waals surface area contributed by atoms with Crippen LogP contribution in [0.25, 0.3) is 10.9 Å². The van der Waals surface area contributed by atoms with Crippen molar-refractivity contribution in [3.63, 3.8) is 0 Å². The maximum absolute atomic E-state index is 13.4. The van der Waals surface area contributed by atoms with E-state index in [1.54, 1.807) is 0 Å². The van der Waals surface area contributed by atoms with Crippen LogP contribution >= 0.6 is 0 Å². The number of H-pyrrole nitrogens is 1. The number of ether oxygens (including phenoxy) is 2. The maximum atomic E-state index is 13.4. The second kappa shape index (κ2) is 8.08. The number of para-hydroxylation sites is 1. The Kier molecular flexibility index (Phi) is 4.93. The second-order valence-electron chi connectivity index (χ2n) is 9.21. The monoisotopic (exact) mass is 431 g/mol. The number of carbonyl (C=O) groups is 1. The number of amides is 2. The molecule has 0 spiro atoms. The molecule has 2 aliphatic heterocycles. The zero-order chi connectivity index (χ0) is 21.5. The molecule has 6 heteroatoms. The quantitative estimate of drug-likeness (QED) is 0.604. The van der Waals surface area contributed by atoms with E-state index in [0.717, 1.165) is 41.2 Å². The number of urea groups is 1. The molecule has 0 saturated heterocycles. The SMILES string of the molecule is O=C(NCC1CCCCC1)N1CCc2c([nH]c3ccccc23)C1c1ccc2c(c1)OCO2. The average Bonchev–Trinajstić information content (AvgIpc) is 3.46. The molecule has 1 saturated carbocycles. The lowest BCUT2D eigenvalue weighted by Gasteiger charge is -2.36. The summed E-state index contributed by atoms with van der Waals surface area (Å²) in [7, 11) is 0. The molecule has 166 valence electrons. The van der Waals surface area contributed by atoms with Crippen molar-refractivity contribution in [2.75, 3.05) is 19.9 Å². The second-order valence-corrected chi connectivity index (χ2v) is 9.21. The molecule has 2 aromatic carbocycles. The lowest BCUT2D eigenvalue weighted by Crippen LogP contribution is -2.47. The van der Waals surface area contributed by atoms with Crippen LogP contribution in [0.1, 0.15) is 55.0 Å². The van der Waals surface area contributed by atoms with Gasteiger partial charge in [-0.25, -0.2) is 4.79 Å². The number of benzene rings is 2. The topological polar surface area (TPSA) is 66.6 Å². The van der Waals surface area contributed by atoms with Gasteiger partial charge in [0.1, 0.15) is 0 Å². The third-order valence-electron chi connectivity index (χ3n) is 7.27. The molecule has 1 aliphatic carbocycles. The van der Waals surface area contributed by atoms with E-state index < -0.39 is 0 Å². The van der Waals surface area contributed by atoms with E-state index in [1.807, 2.05) is 17.0 Å². The summed E-state index contributed by atoms with van der Waals surface area (Å²) in [6.07, 6.45) is 7.17. The molecule has 1 atom stereocenters. The molecule has 3 aromatic rings. The third-order valence-corrected chi connectivity index (χ3v) is 7.27. The van der Waals surface area contributed by atoms with Crippen LogP contribution in [0.5, 0.6) is 11.5 Å². The zero-order valence-corrected chi connectivity index (χ0v) is 18.2. The van der Waals surface area contributed by atoms with Crippen molar-refractivity contribution >= 4 is 16.9 Å². The molecule has 3 heterocycles. The van der Waals surface area contributed by atoms with Crippen LogP contribution in [0.4, 0.5) is 4.79 Å². The van der Waals surface area contributed by atoms with E-state index in [2.05, 4.69) is 40.6 Å². The van der Waals surface area contributed by atoms with Crippen molar-refractivity contribution in [3.8, 4) is 11.5 Å². The van der Waals surface area contributed by atoms with E-state index in [-0.39, 0.29) is 18.9 Å². The van der Waals surface area contributed by atoms with Gasteiger partial charge >= 0.3 is 6.03 Å². The molecule has 6 rings (SSSR count). The van der Waals surface area contributed by atoms with Gasteiger partial charge < -0.3 is 24.7 Å². The lowest BCUT2D eigenvalue weighted by atomic mass is 9.89. The number of hydrogen-bond donors (Lipinski definition) is 2. The molecule has 2 N–H and O–H groups in total. The van der Waals surface area contributed by atoms with Crippen LogP contribution in [0.3, 0.4) is 0 Å². The van der Waals surface area contributed by atoms with Gasteiger partial charge in [-0.2, -0.15) is 0 Å². The van der Waals surface area contributed by atoms with Crippen molar-refractivity contribution in [1.82, 2.24) is 15.2 Å². The highest BCUT2D eigenvalue weighted by molar-refractivity contribution is 5.86. The predicted octanol–water partition coefficient (Wildman–Crippen LogP) is 5.13. The Morgan fingerprint density at radius 3 is 2.81 bits per heavy atom. The molecule has 1 aromatic heterocycles. The summed E-state index contributed by atoms with van der Waals surface area (Å²) >= 11 is 0. The number of nitrogens with one attached hydrogen (secondary N) is 2. The van der Waals surface area contributed by atoms with Crippen molar-refractivity contribution in [3.05, 3.63) is 59.3 Å². The summed E-state index contributed by atoms with van der Waals surface area (Å²) in [5, 5.41) is 4.50. The van der Waals surface area contributed by atoms with E-state index >= 15 is 0 Å². The number of rotatable bonds is 3. The molecule has 6 nitrogen and oxygen atoms in total. The van der Waals surface area contributed by atoms with E-state index in [9.17, 15) is 4.79 Å². The van der Waals surface area contributed by atoms with E-state index in [4.69, 9.17) is 9.47 Å². The largest absolute Gasteiger partial charge is 0.454 e. The summed E-state index contributed by atoms with van der Waals surface area (Å²) in [5.74, 6) is 2.10. The maximum Gasteiger partial charge on any atom is 0.318 e. The Morgan fingerprint density at radius 1 is 1.06 bits per heavy atom. The van der Waals surface area contributed by atoms with Gasteiger partial charge in [0.2, 0.25) is 6.79 Å². The van der Waals surface area contributed by atoms with Gasteiger partial charge in [-0.15, -0.1) is 0 Å². The third kappa shape index (κ3) is 3.38. The van der Waals surface area contributed by atoms with Gasteiger partial charge in [0, 0.05) is 29.7 Å². The fourth-order valence-electron chi connectivity index (χ4n) is 5.61. The Balaban J connectivity index is 1.35. The summed E-state index contributed by atoms with van der Waals surface area (Å²) in [6.45, 7) is 1.69. The number of nitrogens with zero attached hydrogens (tertiary/aromatic N) is 1. The van der Waals surface area contributed by atoms with Crippen molar-refractivity contribution < 1.29 is 14.3 Å². The highest BCUT2D eigenvalue weighted by atomic mass is 16.7. The van der Waals surface area contributed by atoms with Crippen molar-refractivity contribution in [1.29, 1.82) is 0 Å². The standard InChI is InChI=1S/C26H29N3O3/c30-26(27-15-17-6-2-1-3-7-17)29-13-12-20-19-8-4-5-9-21(19)28-24(20)25(29)18-10-11-22-23(14-18)32-16-31-22/h4-5,8-11,14,17,25,28H,1-3,6-7,12-13,15-16H2,(H,27,30). The molecule has 1 unspecified atom stereocenters. The van der Waals surface area contributed by atoms with Gasteiger partial charge in [0.15, 0.2) is 11.5 Å². The van der Waals surface area contributed by atoms with Crippen LogP contribution in [-0.4, -0.2) is 35.8 Å². The summed E-state index contributed by atoms with van der Waals surface area (Å²) in [6, 6.07) is 14.3. The first-order valence-electron chi connectivity index (χ1n) is 11.8. The lowest BCUT2D eigenvalue weighted by molar-refractivity contribution is 0.172. The smallest absolute Gasteiger partial charge is 0.318 e. The fourth-order valence-corrected chi connectivity index (χ4v) is 5.61. The first-order valence-corrected chi connectivity index (χ1v) is 11.8. The average molecular weight is 432 g/mol. The van der Waals surface area contributed by atoms with Crippen LogP contribution in [0.15, 0.2) is 42.5 Å². The fraction of sp³-hybridized carbons (Fsp3) is 0.423. The summed E-state index contributed by atoms with van der Waals surface area (Å²) in [4.78, 5) is 19.0. The Labute approximate surface area is 187 Å². The van der Waals surface area contributed by atoms with Gasteiger partial charge in [0.25, 0.3) is 0 Å². The van der Waals surface area contributed by atoms with Crippen LogP contribution < -0.4 is 14.8 Å². The van der Waals surface area contributed by atoms with Crippen molar-refractivity contribution in [2.45, 2.75) is 44.6 Å². The zero-order valence-electron chi connectivity index (χ0n) is 18.2. The first-order chi connectivity index (χ1) is 15.8. The molecule has 1 fully saturated rings. The molecule has 0 bridgehead atoms. The van der Waals surface area contributed by atoms with E-state index in [0.29, 0.717) is 12.5 Å². The van der Waals surface area contributed by atoms with Crippen LogP contribution in [0.2, 0.25) is 0 Å². The highest BCUT2D eigenvalue weighted by Gasteiger charge is 2.35. The van der Waals surface area contributed by atoms with Gasteiger partial charge in [-0.1, -0.05) is 43.5 Å². The normalized spacial score (nSPS) is 20.4. The number of carbonyl (C=O) groups excluding carboxylic acids is 1. The Bertz CT molecular complexity index is 1150. The van der Waals surface area contributed by atoms with E-state index in [1.165, 1.54) is 43.1 Å². The van der Waals surface area contributed by atoms with Crippen LogP contribution in [0, 0.1) is 5.92 Å². The number of aromatic nitrogens is 1. The number of aromatic amines is 1. The molecule has 2 amide bonds. The molecule has 32 heavy (non-hydrogen) atoms. The van der Waals surface area contributed by atoms with Crippen LogP contribution in [-0.2, 0) is 6.42 Å². The van der Waals surface area contributed by atoms with Crippen molar-refractivity contribution in [2.24, 2.45) is 5.92 Å².